The van der Waals surface area contributed by atoms with E-state index in [4.69, 9.17) is 0 Å². The van der Waals surface area contributed by atoms with Crippen LogP contribution in [0.1, 0.15) is 43.6 Å². The molecule has 1 N–H and O–H groups in total. The number of carbonyl (C=O) groups is 1. The molecule has 0 aliphatic carbocycles. The first kappa shape index (κ1) is 19.8. The van der Waals surface area contributed by atoms with Gasteiger partial charge in [0, 0.05) is 49.3 Å². The standard InChI is InChI=1S/C21H30N4O/c1-6-24(7-2)18-10-11-19(16(5)14-18)23-20-15-17(12-13-22-20)21(26)25(8-3)9-4/h10-15H,6-9H2,1-5H3,(H,22,23). The van der Waals surface area contributed by atoms with E-state index in [1.807, 2.05) is 24.8 Å². The topological polar surface area (TPSA) is 48.5 Å². The lowest BCUT2D eigenvalue weighted by atomic mass is 10.1. The van der Waals surface area contributed by atoms with E-state index in [1.165, 1.54) is 5.69 Å². The smallest absolute Gasteiger partial charge is 0.254 e. The molecule has 1 amide bonds. The van der Waals surface area contributed by atoms with E-state index < -0.39 is 0 Å². The highest BCUT2D eigenvalue weighted by molar-refractivity contribution is 5.95. The third kappa shape index (κ3) is 4.54. The van der Waals surface area contributed by atoms with Gasteiger partial charge in [-0.3, -0.25) is 4.79 Å². The number of aromatic nitrogens is 1. The van der Waals surface area contributed by atoms with Crippen LogP contribution in [0.5, 0.6) is 0 Å². The fourth-order valence-corrected chi connectivity index (χ4v) is 3.04. The number of nitrogens with one attached hydrogen (secondary N) is 1. The number of nitrogens with zero attached hydrogens (tertiary/aromatic N) is 3. The Hall–Kier alpha value is -2.56. The van der Waals surface area contributed by atoms with Crippen LogP contribution in [-0.2, 0) is 0 Å². The molecule has 0 bridgehead atoms. The number of pyridine rings is 1. The Balaban J connectivity index is 2.21. The molecule has 0 aliphatic heterocycles. The number of aryl methyl sites for hydroxylation is 1. The minimum atomic E-state index is 0.0362. The Bertz CT molecular complexity index is 737. The maximum atomic E-state index is 12.5. The van der Waals surface area contributed by atoms with Crippen LogP contribution in [0.2, 0.25) is 0 Å². The molecule has 0 saturated heterocycles. The third-order valence-electron chi connectivity index (χ3n) is 4.66. The SMILES string of the molecule is CCN(CC)C(=O)c1ccnc(Nc2ccc(N(CC)CC)cc2C)c1. The molecule has 5 nitrogen and oxygen atoms in total. The van der Waals surface area contributed by atoms with Crippen LogP contribution in [0.3, 0.4) is 0 Å². The summed E-state index contributed by atoms with van der Waals surface area (Å²) >= 11 is 0. The van der Waals surface area contributed by atoms with Crippen LogP contribution in [0.25, 0.3) is 0 Å². The molecule has 2 aromatic rings. The first-order valence-electron chi connectivity index (χ1n) is 9.41. The summed E-state index contributed by atoms with van der Waals surface area (Å²) in [5.41, 5.74) is 4.03. The number of hydrogen-bond donors (Lipinski definition) is 1. The molecule has 0 unspecified atom stereocenters. The van der Waals surface area contributed by atoms with Crippen molar-refractivity contribution in [2.24, 2.45) is 0 Å². The summed E-state index contributed by atoms with van der Waals surface area (Å²) in [6.45, 7) is 13.8. The number of rotatable bonds is 8. The normalized spacial score (nSPS) is 10.5. The molecule has 0 atom stereocenters. The second-order valence-electron chi connectivity index (χ2n) is 6.20. The van der Waals surface area contributed by atoms with Crippen LogP contribution >= 0.6 is 0 Å². The van der Waals surface area contributed by atoms with E-state index >= 15 is 0 Å². The lowest BCUT2D eigenvalue weighted by Crippen LogP contribution is -2.30. The predicted molar refractivity (Wildman–Crippen MR) is 110 cm³/mol. The van der Waals surface area contributed by atoms with Crippen molar-refractivity contribution in [1.29, 1.82) is 0 Å². The van der Waals surface area contributed by atoms with Gasteiger partial charge in [0.25, 0.3) is 5.91 Å². The van der Waals surface area contributed by atoms with E-state index in [2.05, 4.69) is 54.2 Å². The van der Waals surface area contributed by atoms with Crippen molar-refractivity contribution in [2.45, 2.75) is 34.6 Å². The molecule has 26 heavy (non-hydrogen) atoms. The molecule has 0 fully saturated rings. The zero-order valence-corrected chi connectivity index (χ0v) is 16.5. The molecular formula is C21H30N4O. The molecular weight excluding hydrogens is 324 g/mol. The molecule has 140 valence electrons. The molecule has 1 heterocycles. The molecule has 0 saturated carbocycles. The van der Waals surface area contributed by atoms with E-state index in [1.54, 1.807) is 12.3 Å². The Morgan fingerprint density at radius 3 is 2.27 bits per heavy atom. The monoisotopic (exact) mass is 354 g/mol. The quantitative estimate of drug-likeness (QED) is 0.760. The van der Waals surface area contributed by atoms with Crippen molar-refractivity contribution in [1.82, 2.24) is 9.88 Å². The summed E-state index contributed by atoms with van der Waals surface area (Å²) in [6, 6.07) is 9.96. The van der Waals surface area contributed by atoms with Gasteiger partial charge in [-0.25, -0.2) is 4.98 Å². The zero-order chi connectivity index (χ0) is 19.1. The van der Waals surface area contributed by atoms with Crippen molar-refractivity contribution in [2.75, 3.05) is 36.4 Å². The fraction of sp³-hybridized carbons (Fsp3) is 0.429. The van der Waals surface area contributed by atoms with Crippen molar-refractivity contribution >= 4 is 23.1 Å². The van der Waals surface area contributed by atoms with Crippen molar-refractivity contribution < 1.29 is 4.79 Å². The molecule has 0 aliphatic rings. The number of hydrogen-bond acceptors (Lipinski definition) is 4. The van der Waals surface area contributed by atoms with Gasteiger partial charge >= 0.3 is 0 Å². The summed E-state index contributed by atoms with van der Waals surface area (Å²) < 4.78 is 0. The molecule has 0 spiro atoms. The zero-order valence-electron chi connectivity index (χ0n) is 16.5. The molecule has 0 radical (unpaired) electrons. The van der Waals surface area contributed by atoms with Gasteiger partial charge in [0.05, 0.1) is 0 Å². The van der Waals surface area contributed by atoms with Crippen molar-refractivity contribution in [3.8, 4) is 0 Å². The van der Waals surface area contributed by atoms with Crippen molar-refractivity contribution in [3.05, 3.63) is 47.7 Å². The van der Waals surface area contributed by atoms with Crippen LogP contribution in [-0.4, -0.2) is 42.0 Å². The van der Waals surface area contributed by atoms with Gasteiger partial charge in [0.15, 0.2) is 0 Å². The van der Waals surface area contributed by atoms with Crippen LogP contribution in [0.4, 0.5) is 17.2 Å². The Kier molecular flexibility index (Phi) is 7.01. The van der Waals surface area contributed by atoms with Gasteiger partial charge < -0.3 is 15.1 Å². The second-order valence-corrected chi connectivity index (χ2v) is 6.20. The van der Waals surface area contributed by atoms with E-state index in [0.717, 1.165) is 24.3 Å². The molecule has 2 rings (SSSR count). The maximum Gasteiger partial charge on any atom is 0.254 e. The number of carbonyl (C=O) groups excluding carboxylic acids is 1. The summed E-state index contributed by atoms with van der Waals surface area (Å²) in [7, 11) is 0. The highest BCUT2D eigenvalue weighted by Crippen LogP contribution is 2.25. The first-order chi connectivity index (χ1) is 12.5. The van der Waals surface area contributed by atoms with E-state index in [9.17, 15) is 4.79 Å². The maximum absolute atomic E-state index is 12.5. The predicted octanol–water partition coefficient (Wildman–Crippen LogP) is 4.46. The highest BCUT2D eigenvalue weighted by atomic mass is 16.2. The molecule has 5 heteroatoms. The highest BCUT2D eigenvalue weighted by Gasteiger charge is 2.13. The average molecular weight is 354 g/mol. The van der Waals surface area contributed by atoms with E-state index in [0.29, 0.717) is 24.5 Å². The van der Waals surface area contributed by atoms with Crippen LogP contribution in [0, 0.1) is 6.92 Å². The average Bonchev–Trinajstić information content (AvgIpc) is 2.66. The summed E-state index contributed by atoms with van der Waals surface area (Å²) in [4.78, 5) is 21.0. The number of anilines is 3. The molecule has 1 aromatic carbocycles. The number of amides is 1. The minimum Gasteiger partial charge on any atom is -0.372 e. The second kappa shape index (κ2) is 9.22. The van der Waals surface area contributed by atoms with E-state index in [-0.39, 0.29) is 5.91 Å². The Morgan fingerprint density at radius 2 is 1.69 bits per heavy atom. The summed E-state index contributed by atoms with van der Waals surface area (Å²) in [6.07, 6.45) is 1.68. The van der Waals surface area contributed by atoms with Gasteiger partial charge in [-0.05, 0) is 70.5 Å². The van der Waals surface area contributed by atoms with Gasteiger partial charge in [-0.2, -0.15) is 0 Å². The lowest BCUT2D eigenvalue weighted by molar-refractivity contribution is 0.0773. The van der Waals surface area contributed by atoms with Gasteiger partial charge in [0.1, 0.15) is 5.82 Å². The third-order valence-corrected chi connectivity index (χ3v) is 4.66. The number of benzene rings is 1. The largest absolute Gasteiger partial charge is 0.372 e. The Labute approximate surface area is 157 Å². The molecule has 1 aromatic heterocycles. The van der Waals surface area contributed by atoms with Crippen molar-refractivity contribution in [3.63, 3.8) is 0 Å². The van der Waals surface area contributed by atoms with Gasteiger partial charge in [-0.1, -0.05) is 0 Å². The van der Waals surface area contributed by atoms with Crippen LogP contribution in [0.15, 0.2) is 36.5 Å². The fourth-order valence-electron chi connectivity index (χ4n) is 3.04. The lowest BCUT2D eigenvalue weighted by Gasteiger charge is -2.22. The summed E-state index contributed by atoms with van der Waals surface area (Å²) in [5, 5.41) is 3.34. The van der Waals surface area contributed by atoms with Gasteiger partial charge in [-0.15, -0.1) is 0 Å². The minimum absolute atomic E-state index is 0.0362. The summed E-state index contributed by atoms with van der Waals surface area (Å²) in [5.74, 6) is 0.718. The Morgan fingerprint density at radius 1 is 1.00 bits per heavy atom. The van der Waals surface area contributed by atoms with Crippen LogP contribution < -0.4 is 10.2 Å². The van der Waals surface area contributed by atoms with Gasteiger partial charge in [0.2, 0.25) is 0 Å². The first-order valence-corrected chi connectivity index (χ1v) is 9.41.